The highest BCUT2D eigenvalue weighted by atomic mass is 32.2. The first-order chi connectivity index (χ1) is 12.8. The maximum atomic E-state index is 12.5. The first kappa shape index (κ1) is 21.1. The molecule has 2 aromatic rings. The number of hydrogen-bond donors (Lipinski definition) is 1. The molecular weight excluding hydrogens is 384 g/mol. The number of rotatable bonds is 8. The molecule has 1 N–H and O–H groups in total. The molecule has 0 unspecified atom stereocenters. The number of carbonyl (C=O) groups excluding carboxylic acids is 1. The Morgan fingerprint density at radius 3 is 2.56 bits per heavy atom. The van der Waals surface area contributed by atoms with Gasteiger partial charge in [-0.25, -0.2) is 8.42 Å². The SMILES string of the molecule is COc1ccccc1[C@H](C)NC(=O)CN(c1cccc(SC)c1)S(C)(=O)=O. The Balaban J connectivity index is 2.19. The number of para-hydroxylation sites is 1. The van der Waals surface area contributed by atoms with E-state index < -0.39 is 15.9 Å². The van der Waals surface area contributed by atoms with Crippen LogP contribution in [0.5, 0.6) is 5.75 Å². The largest absolute Gasteiger partial charge is 0.496 e. The van der Waals surface area contributed by atoms with Crippen molar-refractivity contribution in [1.29, 1.82) is 0 Å². The molecule has 0 saturated carbocycles. The molecule has 0 aliphatic heterocycles. The van der Waals surface area contributed by atoms with Crippen LogP contribution >= 0.6 is 11.8 Å². The summed E-state index contributed by atoms with van der Waals surface area (Å²) < 4.78 is 30.9. The first-order valence-corrected chi connectivity index (χ1v) is 11.4. The molecule has 0 aliphatic carbocycles. The van der Waals surface area contributed by atoms with Gasteiger partial charge in [-0.2, -0.15) is 0 Å². The third kappa shape index (κ3) is 5.64. The van der Waals surface area contributed by atoms with E-state index in [0.717, 1.165) is 21.0 Å². The van der Waals surface area contributed by atoms with Gasteiger partial charge in [-0.1, -0.05) is 24.3 Å². The summed E-state index contributed by atoms with van der Waals surface area (Å²) in [6.45, 7) is 1.53. The standard InChI is InChI=1S/C19H24N2O4S2/c1-14(17-10-5-6-11-18(17)25-2)20-19(22)13-21(27(4,23)24)15-8-7-9-16(12-15)26-3/h5-12,14H,13H2,1-4H3,(H,20,22)/t14-/m0/s1. The van der Waals surface area contributed by atoms with Gasteiger partial charge in [0, 0.05) is 10.5 Å². The number of nitrogens with zero attached hydrogens (tertiary/aromatic N) is 1. The molecule has 6 nitrogen and oxygen atoms in total. The van der Waals surface area contributed by atoms with Crippen LogP contribution in [-0.2, 0) is 14.8 Å². The highest BCUT2D eigenvalue weighted by Crippen LogP contribution is 2.26. The monoisotopic (exact) mass is 408 g/mol. The van der Waals surface area contributed by atoms with Crippen molar-refractivity contribution in [3.8, 4) is 5.75 Å². The summed E-state index contributed by atoms with van der Waals surface area (Å²) in [4.78, 5) is 13.5. The Kier molecular flexibility index (Phi) is 7.15. The molecule has 0 aliphatic rings. The van der Waals surface area contributed by atoms with Gasteiger partial charge in [-0.05, 0) is 37.4 Å². The van der Waals surface area contributed by atoms with Crippen LogP contribution in [0.4, 0.5) is 5.69 Å². The van der Waals surface area contributed by atoms with Gasteiger partial charge in [-0.3, -0.25) is 9.10 Å². The van der Waals surface area contributed by atoms with Crippen molar-refractivity contribution < 1.29 is 17.9 Å². The Labute approximate surface area is 165 Å². The van der Waals surface area contributed by atoms with Crippen molar-refractivity contribution in [2.75, 3.05) is 30.5 Å². The third-order valence-electron chi connectivity index (χ3n) is 4.01. The number of nitrogens with one attached hydrogen (secondary N) is 1. The molecule has 27 heavy (non-hydrogen) atoms. The van der Waals surface area contributed by atoms with Crippen LogP contribution in [0.1, 0.15) is 18.5 Å². The van der Waals surface area contributed by atoms with E-state index in [1.165, 1.54) is 11.8 Å². The van der Waals surface area contributed by atoms with Crippen LogP contribution in [0, 0.1) is 0 Å². The topological polar surface area (TPSA) is 75.7 Å². The fraction of sp³-hybridized carbons (Fsp3) is 0.316. The fourth-order valence-corrected chi connectivity index (χ4v) is 3.99. The lowest BCUT2D eigenvalue weighted by atomic mass is 10.1. The van der Waals surface area contributed by atoms with Crippen LogP contribution in [0.3, 0.4) is 0 Å². The van der Waals surface area contributed by atoms with Crippen LogP contribution in [-0.4, -0.2) is 40.5 Å². The van der Waals surface area contributed by atoms with Gasteiger partial charge >= 0.3 is 0 Å². The Hall–Kier alpha value is -2.19. The van der Waals surface area contributed by atoms with Gasteiger partial charge in [0.2, 0.25) is 15.9 Å². The molecule has 0 heterocycles. The second-order valence-electron chi connectivity index (χ2n) is 6.00. The van der Waals surface area contributed by atoms with E-state index in [9.17, 15) is 13.2 Å². The molecule has 0 saturated heterocycles. The summed E-state index contributed by atoms with van der Waals surface area (Å²) in [7, 11) is -2.05. The number of carbonyl (C=O) groups is 1. The first-order valence-electron chi connectivity index (χ1n) is 8.30. The molecule has 146 valence electrons. The predicted molar refractivity (Wildman–Crippen MR) is 110 cm³/mol. The van der Waals surface area contributed by atoms with E-state index in [2.05, 4.69) is 5.32 Å². The summed E-state index contributed by atoms with van der Waals surface area (Å²) in [5, 5.41) is 2.84. The summed E-state index contributed by atoms with van der Waals surface area (Å²) in [5.74, 6) is 0.270. The molecule has 2 rings (SSSR count). The molecule has 1 amide bonds. The summed E-state index contributed by atoms with van der Waals surface area (Å²) in [6, 6.07) is 14.1. The predicted octanol–water partition coefficient (Wildman–Crippen LogP) is 3.06. The highest BCUT2D eigenvalue weighted by molar-refractivity contribution is 7.98. The minimum absolute atomic E-state index is 0.295. The molecule has 8 heteroatoms. The van der Waals surface area contributed by atoms with Gasteiger partial charge in [0.05, 0.1) is 25.1 Å². The zero-order valence-electron chi connectivity index (χ0n) is 15.8. The Bertz CT molecular complexity index is 900. The van der Waals surface area contributed by atoms with Crippen molar-refractivity contribution >= 4 is 33.4 Å². The van der Waals surface area contributed by atoms with E-state index in [0.29, 0.717) is 11.4 Å². The van der Waals surface area contributed by atoms with Crippen LogP contribution < -0.4 is 14.4 Å². The minimum atomic E-state index is -3.61. The van der Waals surface area contributed by atoms with Crippen LogP contribution in [0.15, 0.2) is 53.4 Å². The second-order valence-corrected chi connectivity index (χ2v) is 8.79. The van der Waals surface area contributed by atoms with Gasteiger partial charge in [0.1, 0.15) is 12.3 Å². The molecule has 2 aromatic carbocycles. The number of methoxy groups -OCH3 is 1. The maximum Gasteiger partial charge on any atom is 0.241 e. The highest BCUT2D eigenvalue weighted by Gasteiger charge is 2.22. The summed E-state index contributed by atoms with van der Waals surface area (Å²) in [5.41, 5.74) is 1.29. The average molecular weight is 409 g/mol. The molecular formula is C19H24N2O4S2. The lowest BCUT2D eigenvalue weighted by molar-refractivity contribution is -0.120. The third-order valence-corrected chi connectivity index (χ3v) is 5.88. The van der Waals surface area contributed by atoms with Gasteiger partial charge < -0.3 is 10.1 Å². The average Bonchev–Trinajstić information content (AvgIpc) is 2.65. The van der Waals surface area contributed by atoms with Gasteiger partial charge in [0.25, 0.3) is 0 Å². The van der Waals surface area contributed by atoms with Gasteiger partial charge in [-0.15, -0.1) is 11.8 Å². The zero-order chi connectivity index (χ0) is 20.0. The normalized spacial score (nSPS) is 12.3. The maximum absolute atomic E-state index is 12.5. The molecule has 1 atom stereocenters. The summed E-state index contributed by atoms with van der Waals surface area (Å²) >= 11 is 1.51. The number of ether oxygens (including phenoxy) is 1. The Morgan fingerprint density at radius 1 is 1.22 bits per heavy atom. The number of thioether (sulfide) groups is 1. The number of benzene rings is 2. The molecule has 0 radical (unpaired) electrons. The molecule has 0 spiro atoms. The van der Waals surface area contributed by atoms with Crippen LogP contribution in [0.2, 0.25) is 0 Å². The summed E-state index contributed by atoms with van der Waals surface area (Å²) in [6.07, 6.45) is 3.00. The number of anilines is 1. The quantitative estimate of drug-likeness (QED) is 0.680. The number of hydrogen-bond acceptors (Lipinski definition) is 5. The number of sulfonamides is 1. The van der Waals surface area contributed by atoms with E-state index in [4.69, 9.17) is 4.74 Å². The van der Waals surface area contributed by atoms with Crippen molar-refractivity contribution in [3.63, 3.8) is 0 Å². The van der Waals surface area contributed by atoms with Crippen molar-refractivity contribution in [2.24, 2.45) is 0 Å². The molecule has 0 aromatic heterocycles. The molecule has 0 bridgehead atoms. The number of amides is 1. The Morgan fingerprint density at radius 2 is 1.93 bits per heavy atom. The van der Waals surface area contributed by atoms with E-state index in [1.54, 1.807) is 25.3 Å². The minimum Gasteiger partial charge on any atom is -0.496 e. The molecule has 0 fully saturated rings. The van der Waals surface area contributed by atoms with Crippen molar-refractivity contribution in [1.82, 2.24) is 5.32 Å². The van der Waals surface area contributed by atoms with Gasteiger partial charge in [0.15, 0.2) is 0 Å². The van der Waals surface area contributed by atoms with Crippen molar-refractivity contribution in [2.45, 2.75) is 17.9 Å². The lowest BCUT2D eigenvalue weighted by Gasteiger charge is -2.24. The van der Waals surface area contributed by atoms with Crippen LogP contribution in [0.25, 0.3) is 0 Å². The van der Waals surface area contributed by atoms with E-state index in [-0.39, 0.29) is 12.6 Å². The fourth-order valence-electron chi connectivity index (χ4n) is 2.69. The van der Waals surface area contributed by atoms with E-state index in [1.807, 2.05) is 43.5 Å². The second kappa shape index (κ2) is 9.14. The van der Waals surface area contributed by atoms with Crippen molar-refractivity contribution in [3.05, 3.63) is 54.1 Å². The smallest absolute Gasteiger partial charge is 0.241 e. The zero-order valence-corrected chi connectivity index (χ0v) is 17.4. The lowest BCUT2D eigenvalue weighted by Crippen LogP contribution is -2.41. The van der Waals surface area contributed by atoms with E-state index >= 15 is 0 Å².